The van der Waals surface area contributed by atoms with Crippen LogP contribution in [0.1, 0.15) is 11.1 Å². The molecule has 2 heterocycles. The van der Waals surface area contributed by atoms with Crippen LogP contribution in [0.15, 0.2) is 61.1 Å². The molecule has 0 radical (unpaired) electrons. The Morgan fingerprint density at radius 1 is 0.957 bits per heavy atom. The van der Waals surface area contributed by atoms with E-state index >= 15 is 0 Å². The molecule has 0 spiro atoms. The molecule has 6 heteroatoms. The van der Waals surface area contributed by atoms with Crippen molar-refractivity contribution in [2.24, 2.45) is 11.5 Å². The quantitative estimate of drug-likeness (QED) is 0.696. The number of fused-ring (bicyclic) bond motifs is 1. The van der Waals surface area contributed by atoms with E-state index in [1.807, 2.05) is 59.3 Å². The number of ether oxygens (including phenoxy) is 2. The molecule has 0 saturated carbocycles. The van der Waals surface area contributed by atoms with Gasteiger partial charge < -0.3 is 19.6 Å². The second-order valence-electron chi connectivity index (χ2n) is 5.36. The summed E-state index contributed by atoms with van der Waals surface area (Å²) in [5.74, 6) is -1.54. The Labute approximate surface area is 134 Å². The third-order valence-corrected chi connectivity index (χ3v) is 4.24. The van der Waals surface area contributed by atoms with Gasteiger partial charge in [-0.15, -0.1) is 0 Å². The fourth-order valence-corrected chi connectivity index (χ4v) is 2.83. The summed E-state index contributed by atoms with van der Waals surface area (Å²) in [6.45, 7) is 0. The van der Waals surface area contributed by atoms with E-state index in [1.165, 1.54) is 14.2 Å². The molecule has 4 N–H and O–H groups in total. The topological polar surface area (TPSA) is 87.8 Å². The third kappa shape index (κ3) is 2.32. The molecule has 3 aromatic rings. The first-order valence-corrected chi connectivity index (χ1v) is 7.22. The average Bonchev–Trinajstić information content (AvgIpc) is 3.08. The van der Waals surface area contributed by atoms with Gasteiger partial charge in [-0.05, 0) is 23.3 Å². The summed E-state index contributed by atoms with van der Waals surface area (Å²) < 4.78 is 12.8. The SMILES string of the molecule is COC(N)(OC)C(N)(c1ccccc1)c1ccn2ccnc2c1. The first-order valence-electron chi connectivity index (χ1n) is 7.22. The van der Waals surface area contributed by atoms with Crippen molar-refractivity contribution < 1.29 is 9.47 Å². The van der Waals surface area contributed by atoms with Crippen LogP contribution in [0, 0.1) is 0 Å². The summed E-state index contributed by atoms with van der Waals surface area (Å²) in [5.41, 5.74) is 14.2. The summed E-state index contributed by atoms with van der Waals surface area (Å²) in [4.78, 5) is 4.31. The van der Waals surface area contributed by atoms with Crippen LogP contribution >= 0.6 is 0 Å². The van der Waals surface area contributed by atoms with Gasteiger partial charge in [0, 0.05) is 32.8 Å². The molecular weight excluding hydrogens is 292 g/mol. The number of benzene rings is 1. The highest BCUT2D eigenvalue weighted by molar-refractivity contribution is 5.48. The van der Waals surface area contributed by atoms with Crippen LogP contribution in [0.25, 0.3) is 5.65 Å². The van der Waals surface area contributed by atoms with E-state index < -0.39 is 11.4 Å². The van der Waals surface area contributed by atoms with E-state index in [0.717, 1.165) is 16.8 Å². The van der Waals surface area contributed by atoms with Crippen molar-refractivity contribution in [1.29, 1.82) is 0 Å². The summed E-state index contributed by atoms with van der Waals surface area (Å²) >= 11 is 0. The van der Waals surface area contributed by atoms with E-state index in [2.05, 4.69) is 4.98 Å². The predicted molar refractivity (Wildman–Crippen MR) is 87.5 cm³/mol. The van der Waals surface area contributed by atoms with Gasteiger partial charge in [0.25, 0.3) is 5.91 Å². The Hall–Kier alpha value is -2.25. The zero-order valence-electron chi connectivity index (χ0n) is 13.1. The lowest BCUT2D eigenvalue weighted by molar-refractivity contribution is -0.238. The lowest BCUT2D eigenvalue weighted by Crippen LogP contribution is -2.66. The summed E-state index contributed by atoms with van der Waals surface area (Å²) in [6.07, 6.45) is 5.47. The third-order valence-electron chi connectivity index (χ3n) is 4.24. The molecule has 0 aliphatic carbocycles. The van der Waals surface area contributed by atoms with Gasteiger partial charge in [0.1, 0.15) is 11.2 Å². The van der Waals surface area contributed by atoms with E-state index in [4.69, 9.17) is 20.9 Å². The van der Waals surface area contributed by atoms with Gasteiger partial charge in [-0.2, -0.15) is 0 Å². The van der Waals surface area contributed by atoms with Gasteiger partial charge in [0.2, 0.25) is 0 Å². The number of rotatable bonds is 5. The minimum Gasteiger partial charge on any atom is -0.339 e. The standard InChI is InChI=1S/C17H20N4O2/c1-22-17(19,23-2)16(18,13-6-4-3-5-7-13)14-8-10-21-11-9-20-15(21)12-14/h3-12H,18-19H2,1-2H3. The molecule has 2 aromatic heterocycles. The fraction of sp³-hybridized carbons (Fsp3) is 0.235. The Balaban J connectivity index is 2.26. The molecule has 1 aromatic carbocycles. The molecule has 6 nitrogen and oxygen atoms in total. The number of nitrogens with two attached hydrogens (primary N) is 2. The zero-order chi connectivity index (χ0) is 16.5. The van der Waals surface area contributed by atoms with E-state index in [1.54, 1.807) is 6.20 Å². The molecule has 3 rings (SSSR count). The van der Waals surface area contributed by atoms with Crippen LogP contribution in [-0.4, -0.2) is 29.5 Å². The van der Waals surface area contributed by atoms with Gasteiger partial charge in [0.05, 0.1) is 0 Å². The average molecular weight is 312 g/mol. The van der Waals surface area contributed by atoms with Crippen molar-refractivity contribution in [1.82, 2.24) is 9.38 Å². The molecule has 1 unspecified atom stereocenters. The van der Waals surface area contributed by atoms with Crippen LogP contribution in [0.2, 0.25) is 0 Å². The maximum absolute atomic E-state index is 6.79. The van der Waals surface area contributed by atoms with Crippen molar-refractivity contribution in [3.05, 3.63) is 72.2 Å². The molecule has 0 bridgehead atoms. The van der Waals surface area contributed by atoms with Crippen LogP contribution in [0.5, 0.6) is 0 Å². The summed E-state index contributed by atoms with van der Waals surface area (Å²) in [7, 11) is 2.95. The number of nitrogens with zero attached hydrogens (tertiary/aromatic N) is 2. The number of aromatic nitrogens is 2. The predicted octanol–water partition coefficient (Wildman–Crippen LogP) is 1.44. The van der Waals surface area contributed by atoms with Crippen LogP contribution in [0.4, 0.5) is 0 Å². The smallest absolute Gasteiger partial charge is 0.252 e. The minimum absolute atomic E-state index is 0.744. The normalized spacial score (nSPS) is 14.8. The fourth-order valence-electron chi connectivity index (χ4n) is 2.83. The molecule has 0 aliphatic heterocycles. The number of methoxy groups -OCH3 is 2. The highest BCUT2D eigenvalue weighted by Gasteiger charge is 2.50. The van der Waals surface area contributed by atoms with Gasteiger partial charge in [-0.25, -0.2) is 4.98 Å². The molecule has 120 valence electrons. The zero-order valence-corrected chi connectivity index (χ0v) is 13.1. The maximum atomic E-state index is 6.79. The Morgan fingerprint density at radius 2 is 1.65 bits per heavy atom. The van der Waals surface area contributed by atoms with Gasteiger partial charge in [-0.1, -0.05) is 30.3 Å². The molecule has 0 amide bonds. The monoisotopic (exact) mass is 312 g/mol. The lowest BCUT2D eigenvalue weighted by Gasteiger charge is -2.43. The summed E-state index contributed by atoms with van der Waals surface area (Å²) in [5, 5.41) is 0. The number of pyridine rings is 1. The van der Waals surface area contributed by atoms with Gasteiger partial charge in [-0.3, -0.25) is 5.73 Å². The van der Waals surface area contributed by atoms with Gasteiger partial charge >= 0.3 is 0 Å². The van der Waals surface area contributed by atoms with E-state index in [9.17, 15) is 0 Å². The second-order valence-corrected chi connectivity index (χ2v) is 5.36. The van der Waals surface area contributed by atoms with Crippen LogP contribution in [-0.2, 0) is 15.0 Å². The Kier molecular flexibility index (Phi) is 3.91. The molecule has 23 heavy (non-hydrogen) atoms. The summed E-state index contributed by atoms with van der Waals surface area (Å²) in [6, 6.07) is 13.3. The van der Waals surface area contributed by atoms with E-state index in [-0.39, 0.29) is 0 Å². The minimum atomic E-state index is -1.54. The van der Waals surface area contributed by atoms with Crippen LogP contribution in [0.3, 0.4) is 0 Å². The molecule has 0 saturated heterocycles. The molecule has 1 atom stereocenters. The number of imidazole rings is 1. The first-order chi connectivity index (χ1) is 11.0. The number of hydrogen-bond acceptors (Lipinski definition) is 5. The van der Waals surface area contributed by atoms with Crippen molar-refractivity contribution in [2.45, 2.75) is 11.4 Å². The maximum Gasteiger partial charge on any atom is 0.252 e. The lowest BCUT2D eigenvalue weighted by atomic mass is 9.80. The molecule has 0 aliphatic rings. The Morgan fingerprint density at radius 3 is 2.30 bits per heavy atom. The molecule has 0 fully saturated rings. The highest BCUT2D eigenvalue weighted by Crippen LogP contribution is 2.37. The Bertz CT molecular complexity index is 798. The highest BCUT2D eigenvalue weighted by atomic mass is 16.7. The van der Waals surface area contributed by atoms with Crippen molar-refractivity contribution in [2.75, 3.05) is 14.2 Å². The first kappa shape index (κ1) is 15.6. The van der Waals surface area contributed by atoms with Crippen molar-refractivity contribution in [3.63, 3.8) is 0 Å². The van der Waals surface area contributed by atoms with Crippen LogP contribution < -0.4 is 11.5 Å². The van der Waals surface area contributed by atoms with E-state index in [0.29, 0.717) is 0 Å². The second kappa shape index (κ2) is 5.75. The van der Waals surface area contributed by atoms with Gasteiger partial charge in [0.15, 0.2) is 0 Å². The largest absolute Gasteiger partial charge is 0.339 e. The van der Waals surface area contributed by atoms with Crippen molar-refractivity contribution in [3.8, 4) is 0 Å². The number of hydrogen-bond donors (Lipinski definition) is 2. The molecular formula is C17H20N4O2. The van der Waals surface area contributed by atoms with Crippen molar-refractivity contribution >= 4 is 5.65 Å².